The van der Waals surface area contributed by atoms with Crippen molar-refractivity contribution in [1.82, 2.24) is 0 Å². The molecule has 19 heavy (non-hydrogen) atoms. The monoisotopic (exact) mass is 261 g/mol. The van der Waals surface area contributed by atoms with Gasteiger partial charge >= 0.3 is 0 Å². The largest absolute Gasteiger partial charge is 0.330 e. The van der Waals surface area contributed by atoms with Gasteiger partial charge in [-0.25, -0.2) is 8.78 Å². The third-order valence-corrected chi connectivity index (χ3v) is 3.31. The molecule has 0 heterocycles. The van der Waals surface area contributed by atoms with Crippen LogP contribution in [0.25, 0.3) is 11.1 Å². The van der Waals surface area contributed by atoms with Crippen LogP contribution < -0.4 is 5.73 Å². The Bertz CT molecular complexity index is 566. The minimum absolute atomic E-state index is 0.357. The van der Waals surface area contributed by atoms with Crippen molar-refractivity contribution in [3.8, 4) is 11.1 Å². The fourth-order valence-electron chi connectivity index (χ4n) is 2.12. The van der Waals surface area contributed by atoms with Gasteiger partial charge in [-0.3, -0.25) is 0 Å². The highest BCUT2D eigenvalue weighted by Gasteiger charge is 2.08. The van der Waals surface area contributed by atoms with Crippen molar-refractivity contribution in [1.29, 1.82) is 0 Å². The molecule has 3 heteroatoms. The molecule has 0 bridgehead atoms. The Morgan fingerprint density at radius 3 is 2.42 bits per heavy atom. The van der Waals surface area contributed by atoms with Gasteiger partial charge in [-0.1, -0.05) is 37.3 Å². The Hall–Kier alpha value is -1.74. The van der Waals surface area contributed by atoms with Crippen LogP contribution in [-0.2, 0) is 0 Å². The summed E-state index contributed by atoms with van der Waals surface area (Å²) in [5.74, 6) is -1.29. The molecule has 0 spiro atoms. The highest BCUT2D eigenvalue weighted by molar-refractivity contribution is 5.64. The summed E-state index contributed by atoms with van der Waals surface area (Å²) >= 11 is 0. The van der Waals surface area contributed by atoms with E-state index in [2.05, 4.69) is 6.92 Å². The van der Waals surface area contributed by atoms with Gasteiger partial charge in [0.15, 0.2) is 11.6 Å². The van der Waals surface area contributed by atoms with Crippen molar-refractivity contribution in [2.45, 2.75) is 19.3 Å². The van der Waals surface area contributed by atoms with Crippen molar-refractivity contribution < 1.29 is 8.78 Å². The van der Waals surface area contributed by atoms with E-state index >= 15 is 0 Å². The Balaban J connectivity index is 2.34. The molecule has 100 valence electrons. The third kappa shape index (κ3) is 3.18. The van der Waals surface area contributed by atoms with E-state index in [0.717, 1.165) is 23.6 Å². The average Bonchev–Trinajstić information content (AvgIpc) is 2.42. The maximum absolute atomic E-state index is 13.3. The second kappa shape index (κ2) is 5.93. The summed E-state index contributed by atoms with van der Waals surface area (Å²) in [5, 5.41) is 0. The van der Waals surface area contributed by atoms with Gasteiger partial charge in [-0.05, 0) is 47.7 Å². The molecule has 0 saturated heterocycles. The quantitative estimate of drug-likeness (QED) is 0.881. The molecule has 2 aromatic carbocycles. The van der Waals surface area contributed by atoms with Gasteiger partial charge in [0.1, 0.15) is 0 Å². The van der Waals surface area contributed by atoms with E-state index < -0.39 is 11.6 Å². The van der Waals surface area contributed by atoms with Crippen LogP contribution in [0.1, 0.15) is 24.8 Å². The Kier molecular flexibility index (Phi) is 4.27. The minimum atomic E-state index is -0.823. The Labute approximate surface area is 112 Å². The first-order valence-corrected chi connectivity index (χ1v) is 6.37. The molecule has 2 rings (SSSR count). The smallest absolute Gasteiger partial charge is 0.159 e. The molecule has 0 aromatic heterocycles. The lowest BCUT2D eigenvalue weighted by Crippen LogP contribution is -2.04. The number of nitrogens with two attached hydrogens (primary N) is 1. The van der Waals surface area contributed by atoms with Gasteiger partial charge < -0.3 is 5.73 Å². The first kappa shape index (κ1) is 13.7. The van der Waals surface area contributed by atoms with Crippen molar-refractivity contribution >= 4 is 0 Å². The van der Waals surface area contributed by atoms with Crippen molar-refractivity contribution in [2.75, 3.05) is 6.54 Å². The van der Waals surface area contributed by atoms with E-state index in [1.54, 1.807) is 6.07 Å². The zero-order chi connectivity index (χ0) is 13.8. The van der Waals surface area contributed by atoms with Crippen molar-refractivity contribution in [3.63, 3.8) is 0 Å². The van der Waals surface area contributed by atoms with Gasteiger partial charge in [0.2, 0.25) is 0 Å². The van der Waals surface area contributed by atoms with Crippen LogP contribution in [0.2, 0.25) is 0 Å². The normalized spacial score (nSPS) is 12.4. The highest BCUT2D eigenvalue weighted by atomic mass is 19.2. The van der Waals surface area contributed by atoms with Gasteiger partial charge in [0.25, 0.3) is 0 Å². The number of halogens is 2. The molecule has 0 radical (unpaired) electrons. The lowest BCUT2D eigenvalue weighted by molar-refractivity contribution is 0.509. The van der Waals surface area contributed by atoms with Gasteiger partial charge in [-0.15, -0.1) is 0 Å². The fourth-order valence-corrected chi connectivity index (χ4v) is 2.12. The summed E-state index contributed by atoms with van der Waals surface area (Å²) in [7, 11) is 0. The fraction of sp³-hybridized carbons (Fsp3) is 0.250. The maximum atomic E-state index is 13.3. The molecule has 2 aromatic rings. The molecule has 0 aliphatic carbocycles. The minimum Gasteiger partial charge on any atom is -0.330 e. The lowest BCUT2D eigenvalue weighted by atomic mass is 9.94. The molecule has 0 saturated carbocycles. The molecule has 0 amide bonds. The van der Waals surface area contributed by atoms with Crippen molar-refractivity contribution in [3.05, 3.63) is 59.7 Å². The SMILES string of the molecule is CC(CCN)c1cccc(-c2ccc(F)c(F)c2)c1. The second-order valence-electron chi connectivity index (χ2n) is 4.73. The molecule has 0 aliphatic rings. The van der Waals surface area contributed by atoms with E-state index in [4.69, 9.17) is 5.73 Å². The molecule has 0 aliphatic heterocycles. The molecular formula is C16H17F2N. The van der Waals surface area contributed by atoms with Crippen LogP contribution in [0.15, 0.2) is 42.5 Å². The summed E-state index contributed by atoms with van der Waals surface area (Å²) < 4.78 is 26.2. The topological polar surface area (TPSA) is 26.0 Å². The summed E-state index contributed by atoms with van der Waals surface area (Å²) in [6.07, 6.45) is 0.904. The number of hydrogen-bond donors (Lipinski definition) is 1. The maximum Gasteiger partial charge on any atom is 0.159 e. The van der Waals surface area contributed by atoms with Crippen molar-refractivity contribution in [2.24, 2.45) is 5.73 Å². The lowest BCUT2D eigenvalue weighted by Gasteiger charge is -2.12. The van der Waals surface area contributed by atoms with Crippen LogP contribution in [0, 0.1) is 11.6 Å². The predicted molar refractivity (Wildman–Crippen MR) is 73.9 cm³/mol. The summed E-state index contributed by atoms with van der Waals surface area (Å²) in [6.45, 7) is 2.74. The van der Waals surface area contributed by atoms with E-state index in [1.165, 1.54) is 6.07 Å². The number of benzene rings is 2. The third-order valence-electron chi connectivity index (χ3n) is 3.31. The van der Waals surface area contributed by atoms with Crippen LogP contribution in [0.3, 0.4) is 0 Å². The molecular weight excluding hydrogens is 244 g/mol. The van der Waals surface area contributed by atoms with Gasteiger partial charge in [0, 0.05) is 0 Å². The predicted octanol–water partition coefficient (Wildman–Crippen LogP) is 4.08. The van der Waals surface area contributed by atoms with Crippen LogP contribution in [0.4, 0.5) is 8.78 Å². The average molecular weight is 261 g/mol. The van der Waals surface area contributed by atoms with Gasteiger partial charge in [-0.2, -0.15) is 0 Å². The Morgan fingerprint density at radius 2 is 1.74 bits per heavy atom. The van der Waals surface area contributed by atoms with E-state index in [0.29, 0.717) is 18.0 Å². The summed E-state index contributed by atoms with van der Waals surface area (Å²) in [5.41, 5.74) is 8.29. The molecule has 2 N–H and O–H groups in total. The summed E-state index contributed by atoms with van der Waals surface area (Å²) in [6, 6.07) is 11.8. The first-order chi connectivity index (χ1) is 9.11. The van der Waals surface area contributed by atoms with Crippen LogP contribution >= 0.6 is 0 Å². The summed E-state index contributed by atoms with van der Waals surface area (Å²) in [4.78, 5) is 0. The van der Waals surface area contributed by atoms with Gasteiger partial charge in [0.05, 0.1) is 0 Å². The van der Waals surface area contributed by atoms with E-state index in [-0.39, 0.29) is 0 Å². The number of hydrogen-bond acceptors (Lipinski definition) is 1. The second-order valence-corrected chi connectivity index (χ2v) is 4.73. The first-order valence-electron chi connectivity index (χ1n) is 6.37. The number of rotatable bonds is 4. The molecule has 1 unspecified atom stereocenters. The molecule has 1 nitrogen and oxygen atoms in total. The standard InChI is InChI=1S/C16H17F2N/c1-11(7-8-19)12-3-2-4-13(9-12)14-5-6-15(17)16(18)10-14/h2-6,9-11H,7-8,19H2,1H3. The Morgan fingerprint density at radius 1 is 1.00 bits per heavy atom. The zero-order valence-electron chi connectivity index (χ0n) is 10.9. The molecule has 0 fully saturated rings. The molecule has 1 atom stereocenters. The van der Waals surface area contributed by atoms with E-state index in [1.807, 2.05) is 24.3 Å². The van der Waals surface area contributed by atoms with E-state index in [9.17, 15) is 8.78 Å². The zero-order valence-corrected chi connectivity index (χ0v) is 10.9. The highest BCUT2D eigenvalue weighted by Crippen LogP contribution is 2.26. The van der Waals surface area contributed by atoms with Crippen LogP contribution in [-0.4, -0.2) is 6.54 Å². The van der Waals surface area contributed by atoms with Crippen LogP contribution in [0.5, 0.6) is 0 Å².